The first-order valence-electron chi connectivity index (χ1n) is 2.13. The van der Waals surface area contributed by atoms with Gasteiger partial charge in [0.25, 0.3) is 0 Å². The fraction of sp³-hybridized carbons (Fsp3) is 0. The van der Waals surface area contributed by atoms with Gasteiger partial charge in [0.05, 0.1) is 5.03 Å². The van der Waals surface area contributed by atoms with Crippen LogP contribution in [0.15, 0.2) is 21.3 Å². The average molecular weight is 182 g/mol. The molecule has 1 rings (SSSR count). The first kappa shape index (κ1) is 7.32. The number of halogens is 3. The minimum Gasteiger partial charge on any atom is -0.549 e. The highest BCUT2D eigenvalue weighted by atomic mass is 35.5. The fourth-order valence-electron chi connectivity index (χ4n) is 0.372. The maximum absolute atomic E-state index is 5.54. The number of hydrogen-bond acceptors (Lipinski definition) is 1. The zero-order valence-corrected chi connectivity index (χ0v) is 6.46. The lowest BCUT2D eigenvalue weighted by atomic mass is 10.00. The molecule has 0 atom stereocenters. The first-order chi connectivity index (χ1) is 4.22. The summed E-state index contributed by atoms with van der Waals surface area (Å²) in [5.41, 5.74) is 0. The van der Waals surface area contributed by atoms with Crippen LogP contribution in [0.2, 0.25) is 0 Å². The van der Waals surface area contributed by atoms with Crippen molar-refractivity contribution in [2.24, 2.45) is 0 Å². The molecule has 47 valence electrons. The quantitative estimate of drug-likeness (QED) is 0.522. The molecule has 1 heterocycles. The topological polar surface area (TPSA) is 9.23 Å². The number of hydrogen-bond donors (Lipinski definition) is 0. The van der Waals surface area contributed by atoms with Gasteiger partial charge in [0, 0.05) is 0 Å². The maximum atomic E-state index is 5.54. The predicted octanol–water partition coefficient (Wildman–Crippen LogP) is 2.36. The fourth-order valence-corrected chi connectivity index (χ4v) is 0.819. The summed E-state index contributed by atoms with van der Waals surface area (Å²) in [6.45, 7) is 0. The maximum Gasteiger partial charge on any atom is 0.403 e. The Balaban J connectivity index is 2.88. The van der Waals surface area contributed by atoms with E-state index in [4.69, 9.17) is 34.8 Å². The smallest absolute Gasteiger partial charge is 0.403 e. The molecule has 0 saturated heterocycles. The van der Waals surface area contributed by atoms with Crippen molar-refractivity contribution in [3.05, 3.63) is 21.3 Å². The van der Waals surface area contributed by atoms with Crippen LogP contribution in [0.4, 0.5) is 0 Å². The molecule has 0 amide bonds. The molecule has 0 aromatic carbocycles. The third kappa shape index (κ3) is 1.57. The molecule has 0 aromatic rings. The Morgan fingerprint density at radius 2 is 2.00 bits per heavy atom. The van der Waals surface area contributed by atoms with Gasteiger partial charge in [0.1, 0.15) is 5.03 Å². The van der Waals surface area contributed by atoms with Crippen LogP contribution in [0.1, 0.15) is 0 Å². The standard InChI is InChI=1S/C4HBCl3O/c6-2-1-5-9-4(8)3(2)7/h1H. The molecule has 0 saturated carbocycles. The van der Waals surface area contributed by atoms with E-state index in [2.05, 4.69) is 4.65 Å². The number of allylic oxidation sites excluding steroid dienone is 2. The lowest BCUT2D eigenvalue weighted by Gasteiger charge is -2.08. The van der Waals surface area contributed by atoms with Gasteiger partial charge < -0.3 is 4.65 Å². The number of rotatable bonds is 0. The monoisotopic (exact) mass is 181 g/mol. The van der Waals surface area contributed by atoms with Gasteiger partial charge in [-0.1, -0.05) is 29.2 Å². The lowest BCUT2D eigenvalue weighted by molar-refractivity contribution is 0.497. The van der Waals surface area contributed by atoms with Crippen LogP contribution in [0.25, 0.3) is 0 Å². The summed E-state index contributed by atoms with van der Waals surface area (Å²) in [5, 5.41) is 0.762. The van der Waals surface area contributed by atoms with Crippen LogP contribution < -0.4 is 0 Å². The molecule has 0 spiro atoms. The van der Waals surface area contributed by atoms with E-state index in [1.165, 1.54) is 13.5 Å². The van der Waals surface area contributed by atoms with E-state index in [-0.39, 0.29) is 10.3 Å². The van der Waals surface area contributed by atoms with Crippen LogP contribution in [0.3, 0.4) is 0 Å². The van der Waals surface area contributed by atoms with Crippen molar-refractivity contribution in [3.63, 3.8) is 0 Å². The zero-order chi connectivity index (χ0) is 6.85. The van der Waals surface area contributed by atoms with E-state index in [0.29, 0.717) is 5.03 Å². The van der Waals surface area contributed by atoms with Gasteiger partial charge in [-0.05, 0) is 11.6 Å². The van der Waals surface area contributed by atoms with Gasteiger partial charge in [0.2, 0.25) is 0 Å². The molecular weight excluding hydrogens is 181 g/mol. The Kier molecular flexibility index (Phi) is 2.33. The molecule has 1 nitrogen and oxygen atoms in total. The molecule has 1 radical (unpaired) electrons. The normalized spacial score (nSPS) is 18.3. The van der Waals surface area contributed by atoms with Crippen molar-refractivity contribution in [3.8, 4) is 0 Å². The van der Waals surface area contributed by atoms with Gasteiger partial charge in [-0.25, -0.2) is 0 Å². The molecule has 1 aliphatic heterocycles. The molecule has 1 aliphatic rings. The summed E-state index contributed by atoms with van der Waals surface area (Å²) in [7, 11) is 1.37. The van der Waals surface area contributed by atoms with Gasteiger partial charge in [-0.3, -0.25) is 0 Å². The van der Waals surface area contributed by atoms with Crippen LogP contribution in [-0.4, -0.2) is 7.48 Å². The summed E-state index contributed by atoms with van der Waals surface area (Å²) in [5.74, 6) is 1.52. The molecule has 0 fully saturated rings. The van der Waals surface area contributed by atoms with Gasteiger partial charge in [-0.2, -0.15) is 0 Å². The van der Waals surface area contributed by atoms with Crippen LogP contribution in [0.5, 0.6) is 0 Å². The Morgan fingerprint density at radius 1 is 1.33 bits per heavy atom. The van der Waals surface area contributed by atoms with Crippen LogP contribution in [0, 0.1) is 0 Å². The van der Waals surface area contributed by atoms with Crippen molar-refractivity contribution in [2.75, 3.05) is 0 Å². The molecular formula is C4HBCl3O. The van der Waals surface area contributed by atoms with Gasteiger partial charge in [0.15, 0.2) is 5.22 Å². The Bertz CT molecular complexity index is 186. The molecule has 0 unspecified atom stereocenters. The van der Waals surface area contributed by atoms with E-state index < -0.39 is 0 Å². The molecule has 0 aromatic heterocycles. The lowest BCUT2D eigenvalue weighted by Crippen LogP contribution is -1.99. The van der Waals surface area contributed by atoms with Crippen LogP contribution >= 0.6 is 34.8 Å². The molecule has 0 N–H and O–H groups in total. The van der Waals surface area contributed by atoms with Crippen molar-refractivity contribution in [1.82, 2.24) is 0 Å². The van der Waals surface area contributed by atoms with Crippen molar-refractivity contribution in [1.29, 1.82) is 0 Å². The van der Waals surface area contributed by atoms with E-state index in [1.807, 2.05) is 0 Å². The Morgan fingerprint density at radius 3 is 2.44 bits per heavy atom. The van der Waals surface area contributed by atoms with Gasteiger partial charge in [-0.15, -0.1) is 0 Å². The highest BCUT2D eigenvalue weighted by Gasteiger charge is 2.12. The Labute approximate surface area is 68.5 Å². The zero-order valence-electron chi connectivity index (χ0n) is 4.20. The molecule has 0 aliphatic carbocycles. The average Bonchev–Trinajstić information content (AvgIpc) is 1.83. The van der Waals surface area contributed by atoms with Gasteiger partial charge >= 0.3 is 7.48 Å². The van der Waals surface area contributed by atoms with Crippen LogP contribution in [-0.2, 0) is 4.65 Å². The predicted molar refractivity (Wildman–Crippen MR) is 39.5 cm³/mol. The minimum atomic E-state index is 0.115. The summed E-state index contributed by atoms with van der Waals surface area (Å²) in [4.78, 5) is 0. The third-order valence-corrected chi connectivity index (χ3v) is 1.93. The van der Waals surface area contributed by atoms with Crippen molar-refractivity contribution < 1.29 is 4.65 Å². The first-order valence-corrected chi connectivity index (χ1v) is 3.26. The largest absolute Gasteiger partial charge is 0.549 e. The second kappa shape index (κ2) is 2.87. The molecule has 0 bridgehead atoms. The van der Waals surface area contributed by atoms with E-state index in [1.54, 1.807) is 0 Å². The summed E-state index contributed by atoms with van der Waals surface area (Å²) in [6.07, 6.45) is 0. The van der Waals surface area contributed by atoms with E-state index in [0.717, 1.165) is 0 Å². The molecule has 9 heavy (non-hydrogen) atoms. The molecule has 5 heteroatoms. The summed E-state index contributed by atoms with van der Waals surface area (Å²) >= 11 is 16.5. The summed E-state index contributed by atoms with van der Waals surface area (Å²) < 4.78 is 4.69. The SMILES string of the molecule is ClC1=C[B]OC(Cl)=C1Cl. The van der Waals surface area contributed by atoms with E-state index >= 15 is 0 Å². The second-order valence-electron chi connectivity index (χ2n) is 1.36. The Hall–Kier alpha value is 0.215. The van der Waals surface area contributed by atoms with E-state index in [9.17, 15) is 0 Å². The summed E-state index contributed by atoms with van der Waals surface area (Å²) in [6, 6.07) is 0. The highest BCUT2D eigenvalue weighted by Crippen LogP contribution is 2.28. The highest BCUT2D eigenvalue weighted by molar-refractivity contribution is 6.53. The second-order valence-corrected chi connectivity index (χ2v) is 2.48. The minimum absolute atomic E-state index is 0.115. The third-order valence-electron chi connectivity index (χ3n) is 0.768. The van der Waals surface area contributed by atoms with Crippen molar-refractivity contribution in [2.45, 2.75) is 0 Å². The van der Waals surface area contributed by atoms with Crippen molar-refractivity contribution >= 4 is 42.3 Å².